The molecule has 1 saturated heterocycles. The van der Waals surface area contributed by atoms with Gasteiger partial charge in [-0.15, -0.1) is 0 Å². The van der Waals surface area contributed by atoms with Gasteiger partial charge in [-0.2, -0.15) is 0 Å². The minimum atomic E-state index is -0.161. The first-order valence-corrected chi connectivity index (χ1v) is 12.2. The Hall–Kier alpha value is -2.61. The van der Waals surface area contributed by atoms with Gasteiger partial charge in [0.2, 0.25) is 0 Å². The highest BCUT2D eigenvalue weighted by Gasteiger charge is 2.42. The second kappa shape index (κ2) is 9.10. The van der Waals surface area contributed by atoms with E-state index in [2.05, 4.69) is 74.5 Å². The van der Waals surface area contributed by atoms with Gasteiger partial charge in [-0.25, -0.2) is 0 Å². The number of hydrogen-bond donors (Lipinski definition) is 1. The largest absolute Gasteiger partial charge is 0.452 e. The summed E-state index contributed by atoms with van der Waals surface area (Å²) in [5.41, 5.74) is 3.16. The molecule has 32 heavy (non-hydrogen) atoms. The van der Waals surface area contributed by atoms with Crippen molar-refractivity contribution in [1.29, 1.82) is 0 Å². The molecule has 2 aromatic carbocycles. The van der Waals surface area contributed by atoms with Crippen LogP contribution in [0.25, 0.3) is 0 Å². The summed E-state index contributed by atoms with van der Waals surface area (Å²) in [7, 11) is 0. The molecule has 4 nitrogen and oxygen atoms in total. The van der Waals surface area contributed by atoms with Gasteiger partial charge in [0.1, 0.15) is 11.8 Å². The van der Waals surface area contributed by atoms with E-state index in [-0.39, 0.29) is 12.1 Å². The van der Waals surface area contributed by atoms with Crippen molar-refractivity contribution in [2.24, 2.45) is 0 Å². The van der Waals surface area contributed by atoms with Crippen molar-refractivity contribution < 1.29 is 4.42 Å². The lowest BCUT2D eigenvalue weighted by Gasteiger charge is -2.26. The summed E-state index contributed by atoms with van der Waals surface area (Å²) in [6.07, 6.45) is 1.81. The van der Waals surface area contributed by atoms with E-state index < -0.39 is 0 Å². The van der Waals surface area contributed by atoms with Crippen LogP contribution in [0.2, 0.25) is 0 Å². The summed E-state index contributed by atoms with van der Waals surface area (Å²) < 4.78 is 7.38. The number of benzene rings is 2. The first kappa shape index (κ1) is 21.2. The second-order valence-electron chi connectivity index (χ2n) is 7.54. The Kier molecular flexibility index (Phi) is 6.04. The van der Waals surface area contributed by atoms with Crippen molar-refractivity contribution in [1.82, 2.24) is 10.3 Å². The monoisotopic (exact) mass is 521 g/mol. The Morgan fingerprint density at radius 1 is 1.00 bits per heavy atom. The predicted octanol–water partition coefficient (Wildman–Crippen LogP) is 7.07. The number of aryl methyl sites for hydroxylation is 1. The van der Waals surface area contributed by atoms with Crippen LogP contribution in [0.5, 0.6) is 0 Å². The Balaban J connectivity index is 1.52. The average molecular weight is 522 g/mol. The van der Waals surface area contributed by atoms with Crippen LogP contribution in [-0.4, -0.2) is 10.1 Å². The second-order valence-corrected chi connectivity index (χ2v) is 9.93. The van der Waals surface area contributed by atoms with Gasteiger partial charge in [-0.3, -0.25) is 4.98 Å². The summed E-state index contributed by atoms with van der Waals surface area (Å²) in [4.78, 5) is 7.85. The molecule has 0 unspecified atom stereocenters. The quantitative estimate of drug-likeness (QED) is 0.283. The van der Waals surface area contributed by atoms with E-state index in [1.54, 1.807) is 18.0 Å². The van der Waals surface area contributed by atoms with Crippen LogP contribution in [0, 0.1) is 6.92 Å². The molecule has 0 saturated carbocycles. The van der Waals surface area contributed by atoms with Crippen LogP contribution in [0.4, 0.5) is 5.69 Å². The maximum Gasteiger partial charge on any atom is 0.174 e. The molecule has 0 bridgehead atoms. The third kappa shape index (κ3) is 4.33. The van der Waals surface area contributed by atoms with E-state index in [1.807, 2.05) is 42.5 Å². The molecule has 2 aromatic heterocycles. The molecule has 1 aliphatic rings. The summed E-state index contributed by atoms with van der Waals surface area (Å²) in [5, 5.41) is 4.96. The van der Waals surface area contributed by atoms with Crippen molar-refractivity contribution in [3.63, 3.8) is 0 Å². The van der Waals surface area contributed by atoms with Gasteiger partial charge in [0.05, 0.1) is 11.7 Å². The highest BCUT2D eigenvalue weighted by molar-refractivity contribution is 9.10. The zero-order valence-electron chi connectivity index (χ0n) is 17.2. The molecule has 0 amide bonds. The molecule has 3 heterocycles. The van der Waals surface area contributed by atoms with Crippen molar-refractivity contribution in [3.05, 3.63) is 107 Å². The standard InChI is InChI=1S/C25H20BrN3OS2/c1-16-5-11-19(12-6-16)32-22-14-13-21(30-22)24-23(20-4-2-3-15-27-20)28-25(31)29(24)18-9-7-17(26)8-10-18/h2-15,23-24H,1H3,(H,28,31)/t23-,24+/m1/s1. The molecule has 2 atom stereocenters. The lowest BCUT2D eigenvalue weighted by atomic mass is 10.0. The zero-order chi connectivity index (χ0) is 22.1. The number of nitrogens with one attached hydrogen (secondary N) is 1. The number of pyridine rings is 1. The zero-order valence-corrected chi connectivity index (χ0v) is 20.5. The smallest absolute Gasteiger partial charge is 0.174 e. The van der Waals surface area contributed by atoms with Gasteiger partial charge in [0.25, 0.3) is 0 Å². The van der Waals surface area contributed by atoms with Crippen molar-refractivity contribution in [3.8, 4) is 0 Å². The predicted molar refractivity (Wildman–Crippen MR) is 136 cm³/mol. The highest BCUT2D eigenvalue weighted by atomic mass is 79.9. The summed E-state index contributed by atoms with van der Waals surface area (Å²) in [5.74, 6) is 0.838. The molecule has 0 radical (unpaired) electrons. The maximum atomic E-state index is 6.36. The number of aromatic nitrogens is 1. The van der Waals surface area contributed by atoms with Crippen molar-refractivity contribution in [2.75, 3.05) is 4.90 Å². The van der Waals surface area contributed by atoms with Crippen LogP contribution in [0.1, 0.15) is 29.1 Å². The number of rotatable bonds is 5. The van der Waals surface area contributed by atoms with E-state index in [0.717, 1.165) is 31.6 Å². The Bertz CT molecular complexity index is 1230. The highest BCUT2D eigenvalue weighted by Crippen LogP contribution is 2.43. The van der Waals surface area contributed by atoms with Gasteiger partial charge < -0.3 is 14.6 Å². The fourth-order valence-electron chi connectivity index (χ4n) is 3.79. The van der Waals surface area contributed by atoms with Gasteiger partial charge in [-0.05, 0) is 79.8 Å². The number of anilines is 1. The van der Waals surface area contributed by atoms with Crippen molar-refractivity contribution >= 4 is 50.7 Å². The minimum Gasteiger partial charge on any atom is -0.452 e. The molecule has 1 N–H and O–H groups in total. The number of nitrogens with zero attached hydrogens (tertiary/aromatic N) is 2. The van der Waals surface area contributed by atoms with E-state index in [4.69, 9.17) is 16.6 Å². The Labute approximate surface area is 205 Å². The molecule has 160 valence electrons. The molecule has 5 rings (SSSR count). The molecular formula is C25H20BrN3OS2. The van der Waals surface area contributed by atoms with Crippen LogP contribution in [0.3, 0.4) is 0 Å². The lowest BCUT2D eigenvalue weighted by molar-refractivity contribution is 0.383. The molecule has 1 aliphatic heterocycles. The van der Waals surface area contributed by atoms with Crippen molar-refractivity contribution in [2.45, 2.75) is 29.0 Å². The summed E-state index contributed by atoms with van der Waals surface area (Å²) in [6.45, 7) is 2.09. The van der Waals surface area contributed by atoms with Gasteiger partial charge in [-0.1, -0.05) is 51.5 Å². The third-order valence-corrected chi connectivity index (χ3v) is 7.11. The van der Waals surface area contributed by atoms with Crippen LogP contribution in [0.15, 0.2) is 104 Å². The van der Waals surface area contributed by atoms with Gasteiger partial charge >= 0.3 is 0 Å². The minimum absolute atomic E-state index is 0.129. The number of halogens is 1. The van der Waals surface area contributed by atoms with Gasteiger partial charge in [0, 0.05) is 21.3 Å². The number of furan rings is 1. The third-order valence-electron chi connectivity index (χ3n) is 5.34. The first-order chi connectivity index (χ1) is 15.6. The SMILES string of the molecule is Cc1ccc(Sc2ccc([C@H]3[C@@H](c4ccccn4)NC(=S)N3c3ccc(Br)cc3)o2)cc1. The molecule has 7 heteroatoms. The number of hydrogen-bond acceptors (Lipinski definition) is 4. The van der Waals surface area contributed by atoms with Crippen LogP contribution < -0.4 is 10.2 Å². The molecule has 0 aliphatic carbocycles. The molecule has 1 fully saturated rings. The van der Waals surface area contributed by atoms with E-state index in [0.29, 0.717) is 5.11 Å². The summed E-state index contributed by atoms with van der Waals surface area (Å²) >= 11 is 10.9. The van der Waals surface area contributed by atoms with E-state index in [1.165, 1.54) is 5.56 Å². The van der Waals surface area contributed by atoms with Crippen LogP contribution in [-0.2, 0) is 0 Å². The fourth-order valence-corrected chi connectivity index (χ4v) is 5.18. The Morgan fingerprint density at radius 2 is 1.78 bits per heavy atom. The molecule has 4 aromatic rings. The summed E-state index contributed by atoms with van der Waals surface area (Å²) in [6, 6.07) is 26.3. The average Bonchev–Trinajstić information content (AvgIpc) is 3.40. The Morgan fingerprint density at radius 3 is 2.50 bits per heavy atom. The topological polar surface area (TPSA) is 41.3 Å². The lowest BCUT2D eigenvalue weighted by Crippen LogP contribution is -2.29. The maximum absolute atomic E-state index is 6.36. The molecular weight excluding hydrogens is 502 g/mol. The first-order valence-electron chi connectivity index (χ1n) is 10.2. The van der Waals surface area contributed by atoms with E-state index >= 15 is 0 Å². The molecule has 0 spiro atoms. The van der Waals surface area contributed by atoms with E-state index in [9.17, 15) is 0 Å². The fraction of sp³-hybridized carbons (Fsp3) is 0.120. The van der Waals surface area contributed by atoms with Crippen LogP contribution >= 0.6 is 39.9 Å². The number of thiocarbonyl (C=S) groups is 1. The normalized spacial score (nSPS) is 18.1. The van der Waals surface area contributed by atoms with Gasteiger partial charge in [0.15, 0.2) is 10.2 Å².